The Balaban J connectivity index is 1.55. The van der Waals surface area contributed by atoms with E-state index in [1.165, 1.54) is 0 Å². The highest BCUT2D eigenvalue weighted by atomic mass is 32.2. The normalized spacial score (nSPS) is 13.0. The molecule has 0 aliphatic carbocycles. The van der Waals surface area contributed by atoms with Gasteiger partial charge in [0.2, 0.25) is 0 Å². The summed E-state index contributed by atoms with van der Waals surface area (Å²) in [4.78, 5) is 25.1. The minimum Gasteiger partial charge on any atom is -0.480 e. The third-order valence-electron chi connectivity index (χ3n) is 6.73. The fourth-order valence-corrected chi connectivity index (χ4v) is 5.10. The Morgan fingerprint density at radius 3 is 2.34 bits per heavy atom. The Kier molecular flexibility index (Phi) is 9.42. The molecule has 2 atom stereocenters. The van der Waals surface area contributed by atoms with Crippen LogP contribution in [0.3, 0.4) is 0 Å². The predicted octanol–water partition coefficient (Wildman–Crippen LogP) is 5.82. The van der Waals surface area contributed by atoms with Gasteiger partial charge in [0.05, 0.1) is 12.4 Å². The quantitative estimate of drug-likeness (QED) is 0.218. The van der Waals surface area contributed by atoms with Crippen molar-refractivity contribution in [2.75, 3.05) is 12.0 Å². The van der Waals surface area contributed by atoms with Crippen LogP contribution in [0.2, 0.25) is 0 Å². The summed E-state index contributed by atoms with van der Waals surface area (Å²) in [5, 5.41) is 12.1. The van der Waals surface area contributed by atoms with E-state index in [1.54, 1.807) is 12.1 Å². The third kappa shape index (κ3) is 7.93. The maximum absolute atomic E-state index is 13.3. The van der Waals surface area contributed by atoms with Gasteiger partial charge >= 0.3 is 5.97 Å². The molecular formula is C32H33NO7S. The van der Waals surface area contributed by atoms with E-state index in [9.17, 15) is 23.1 Å². The Morgan fingerprint density at radius 2 is 1.66 bits per heavy atom. The first-order valence-corrected chi connectivity index (χ1v) is 15.2. The van der Waals surface area contributed by atoms with Crippen LogP contribution in [-0.2, 0) is 26.0 Å². The second-order valence-corrected chi connectivity index (χ2v) is 12.3. The van der Waals surface area contributed by atoms with Gasteiger partial charge in [-0.25, -0.2) is 13.2 Å². The molecule has 2 unspecified atom stereocenters. The number of carbonyl (C=O) groups excluding carboxylic acids is 1. The van der Waals surface area contributed by atoms with Crippen LogP contribution in [0.1, 0.15) is 46.7 Å². The third-order valence-corrected chi connectivity index (χ3v) is 7.71. The number of rotatable bonds is 12. The SMILES string of the molecule is Cc1ccccc1-c1cc(COC(C)c2ccc(-c3ccccc3)o2)ccc1C(=O)NC(CCS(C)(=O)=O)C(=O)O. The number of carboxylic acids is 1. The van der Waals surface area contributed by atoms with Gasteiger partial charge in [0, 0.05) is 17.4 Å². The summed E-state index contributed by atoms with van der Waals surface area (Å²) in [6.45, 7) is 4.07. The van der Waals surface area contributed by atoms with E-state index >= 15 is 0 Å². The molecule has 0 saturated carbocycles. The highest BCUT2D eigenvalue weighted by molar-refractivity contribution is 7.90. The summed E-state index contributed by atoms with van der Waals surface area (Å²) in [5.41, 5.74) is 4.43. The number of amides is 1. The molecule has 214 valence electrons. The van der Waals surface area contributed by atoms with Crippen LogP contribution in [0.25, 0.3) is 22.5 Å². The molecule has 1 amide bonds. The van der Waals surface area contributed by atoms with E-state index < -0.39 is 27.8 Å². The number of sulfone groups is 1. The first kappa shape index (κ1) is 29.8. The molecule has 41 heavy (non-hydrogen) atoms. The number of hydrogen-bond acceptors (Lipinski definition) is 6. The molecule has 0 aliphatic rings. The maximum atomic E-state index is 13.3. The second kappa shape index (κ2) is 13.0. The first-order chi connectivity index (χ1) is 19.5. The van der Waals surface area contributed by atoms with E-state index in [1.807, 2.05) is 86.6 Å². The van der Waals surface area contributed by atoms with Gasteiger partial charge in [0.25, 0.3) is 5.91 Å². The van der Waals surface area contributed by atoms with Gasteiger partial charge < -0.3 is 19.6 Å². The molecule has 2 N–H and O–H groups in total. The molecule has 0 bridgehead atoms. The standard InChI is InChI=1S/C32H33NO7S/c1-21-9-7-8-12-25(21)27-19-23(13-14-26(27)31(34)33-28(32(35)36)17-18-41(3,37)38)20-39-22(2)29-15-16-30(40-29)24-10-5-4-6-11-24/h4-16,19,22,28H,17-18,20H2,1-3H3,(H,33,34)(H,35,36). The Bertz CT molecular complexity index is 1630. The van der Waals surface area contributed by atoms with Crippen molar-refractivity contribution in [2.45, 2.75) is 39.0 Å². The summed E-state index contributed by atoms with van der Waals surface area (Å²) in [5.74, 6) is -0.815. The summed E-state index contributed by atoms with van der Waals surface area (Å²) in [7, 11) is -3.40. The number of carbonyl (C=O) groups is 2. The van der Waals surface area contributed by atoms with E-state index in [-0.39, 0.29) is 30.4 Å². The summed E-state index contributed by atoms with van der Waals surface area (Å²) >= 11 is 0. The lowest BCUT2D eigenvalue weighted by atomic mass is 9.93. The molecule has 0 saturated heterocycles. The van der Waals surface area contributed by atoms with Gasteiger partial charge in [-0.15, -0.1) is 0 Å². The average molecular weight is 576 g/mol. The van der Waals surface area contributed by atoms with Gasteiger partial charge in [-0.05, 0) is 66.8 Å². The summed E-state index contributed by atoms with van der Waals surface area (Å²) < 4.78 is 35.3. The first-order valence-electron chi connectivity index (χ1n) is 13.2. The van der Waals surface area contributed by atoms with Crippen molar-refractivity contribution in [3.05, 3.63) is 107 Å². The Hall–Kier alpha value is -4.21. The Labute approximate surface area is 239 Å². The van der Waals surface area contributed by atoms with Crippen molar-refractivity contribution >= 4 is 21.7 Å². The minimum absolute atomic E-state index is 0.234. The van der Waals surface area contributed by atoms with Gasteiger partial charge in [-0.2, -0.15) is 0 Å². The zero-order valence-corrected chi connectivity index (χ0v) is 24.0. The van der Waals surface area contributed by atoms with Crippen LogP contribution in [0, 0.1) is 6.92 Å². The van der Waals surface area contributed by atoms with Crippen LogP contribution in [0.4, 0.5) is 0 Å². The van der Waals surface area contributed by atoms with E-state index in [0.717, 1.165) is 34.3 Å². The number of furan rings is 1. The summed E-state index contributed by atoms with van der Waals surface area (Å²) in [6.07, 6.45) is 0.464. The van der Waals surface area contributed by atoms with Gasteiger partial charge in [-0.3, -0.25) is 4.79 Å². The number of hydrogen-bond donors (Lipinski definition) is 2. The molecule has 8 nitrogen and oxygen atoms in total. The van der Waals surface area contributed by atoms with Crippen molar-refractivity contribution in [2.24, 2.45) is 0 Å². The monoisotopic (exact) mass is 575 g/mol. The van der Waals surface area contributed by atoms with E-state index in [0.29, 0.717) is 11.3 Å². The molecular weight excluding hydrogens is 542 g/mol. The van der Waals surface area contributed by atoms with Gasteiger partial charge in [0.15, 0.2) is 0 Å². The van der Waals surface area contributed by atoms with Crippen LogP contribution < -0.4 is 5.32 Å². The van der Waals surface area contributed by atoms with Gasteiger partial charge in [0.1, 0.15) is 33.5 Å². The number of aryl methyl sites for hydroxylation is 1. The number of nitrogens with one attached hydrogen (secondary N) is 1. The van der Waals surface area contributed by atoms with E-state index in [2.05, 4.69) is 5.32 Å². The molecule has 0 radical (unpaired) electrons. The van der Waals surface area contributed by atoms with E-state index in [4.69, 9.17) is 9.15 Å². The number of carboxylic acid groups (broad SMARTS) is 1. The molecule has 0 fully saturated rings. The molecule has 9 heteroatoms. The predicted molar refractivity (Wildman–Crippen MR) is 157 cm³/mol. The van der Waals surface area contributed by atoms with Crippen molar-refractivity contribution in [3.63, 3.8) is 0 Å². The zero-order valence-electron chi connectivity index (χ0n) is 23.2. The number of benzene rings is 3. The van der Waals surface area contributed by atoms with Crippen LogP contribution >= 0.6 is 0 Å². The van der Waals surface area contributed by atoms with Crippen LogP contribution in [0.5, 0.6) is 0 Å². The highest BCUT2D eigenvalue weighted by Crippen LogP contribution is 2.30. The van der Waals surface area contributed by atoms with Crippen molar-refractivity contribution in [1.82, 2.24) is 5.32 Å². The summed E-state index contributed by atoms with van der Waals surface area (Å²) in [6, 6.07) is 25.1. The van der Waals surface area contributed by atoms with Crippen molar-refractivity contribution in [3.8, 4) is 22.5 Å². The molecule has 0 aliphatic heterocycles. The lowest BCUT2D eigenvalue weighted by molar-refractivity contribution is -0.139. The molecule has 1 aromatic heterocycles. The molecule has 1 heterocycles. The molecule has 3 aromatic carbocycles. The molecule has 4 rings (SSSR count). The van der Waals surface area contributed by atoms with Crippen LogP contribution in [-0.4, -0.2) is 43.5 Å². The average Bonchev–Trinajstić information content (AvgIpc) is 3.44. The minimum atomic E-state index is -3.40. The fraction of sp³-hybridized carbons (Fsp3) is 0.250. The number of ether oxygens (including phenoxy) is 1. The maximum Gasteiger partial charge on any atom is 0.326 e. The largest absolute Gasteiger partial charge is 0.480 e. The zero-order chi connectivity index (χ0) is 29.6. The van der Waals surface area contributed by atoms with Crippen LogP contribution in [0.15, 0.2) is 89.3 Å². The fourth-order valence-electron chi connectivity index (χ4n) is 4.43. The number of aliphatic carboxylic acids is 1. The van der Waals surface area contributed by atoms with Gasteiger partial charge in [-0.1, -0.05) is 60.7 Å². The van der Waals surface area contributed by atoms with Crippen molar-refractivity contribution < 1.29 is 32.3 Å². The smallest absolute Gasteiger partial charge is 0.326 e. The Morgan fingerprint density at radius 1 is 0.951 bits per heavy atom. The highest BCUT2D eigenvalue weighted by Gasteiger charge is 2.24. The lowest BCUT2D eigenvalue weighted by Crippen LogP contribution is -2.42. The molecule has 0 spiro atoms. The molecule has 4 aromatic rings. The lowest BCUT2D eigenvalue weighted by Gasteiger charge is -2.18. The second-order valence-electron chi connectivity index (χ2n) is 10.00. The topological polar surface area (TPSA) is 123 Å². The van der Waals surface area contributed by atoms with Crippen molar-refractivity contribution in [1.29, 1.82) is 0 Å².